The Morgan fingerprint density at radius 3 is 2.54 bits per heavy atom. The third kappa shape index (κ3) is 4.72. The number of nitrogens with zero attached hydrogens (tertiary/aromatic N) is 4. The lowest BCUT2D eigenvalue weighted by Gasteiger charge is -2.21. The standard InChI is InChI=1S/C16H24N6OS/c1-16(2,3)18-13(23)10-20(4)11-22-15(24)21(5)14(19-22)12-6-8-17-9-7-12/h6-9H,10-11H2,1-5H3,(H,18,23)/p+1. The number of amides is 1. The monoisotopic (exact) mass is 349 g/mol. The maximum absolute atomic E-state index is 12.0. The van der Waals surface area contributed by atoms with E-state index in [-0.39, 0.29) is 11.4 Å². The van der Waals surface area contributed by atoms with Crippen molar-refractivity contribution in [2.45, 2.75) is 33.0 Å². The van der Waals surface area contributed by atoms with Crippen LogP contribution in [-0.4, -0.2) is 44.4 Å². The molecule has 24 heavy (non-hydrogen) atoms. The Morgan fingerprint density at radius 2 is 1.96 bits per heavy atom. The minimum Gasteiger partial charge on any atom is -0.347 e. The number of carbonyl (C=O) groups is 1. The van der Waals surface area contributed by atoms with Gasteiger partial charge in [0.25, 0.3) is 5.91 Å². The van der Waals surface area contributed by atoms with E-state index in [1.807, 2.05) is 51.6 Å². The molecule has 1 amide bonds. The molecular weight excluding hydrogens is 324 g/mol. The molecule has 2 rings (SSSR count). The molecule has 2 heterocycles. The van der Waals surface area contributed by atoms with Crippen LogP contribution in [0.2, 0.25) is 0 Å². The van der Waals surface area contributed by atoms with E-state index < -0.39 is 0 Å². The quantitative estimate of drug-likeness (QED) is 0.767. The Balaban J connectivity index is 2.11. The van der Waals surface area contributed by atoms with Crippen LogP contribution in [0.4, 0.5) is 0 Å². The molecule has 0 aliphatic rings. The molecule has 0 saturated carbocycles. The predicted molar refractivity (Wildman–Crippen MR) is 94.9 cm³/mol. The zero-order chi connectivity index (χ0) is 17.9. The van der Waals surface area contributed by atoms with E-state index in [0.29, 0.717) is 18.0 Å². The average Bonchev–Trinajstić information content (AvgIpc) is 2.74. The summed E-state index contributed by atoms with van der Waals surface area (Å²) in [6.07, 6.45) is 3.46. The molecule has 0 spiro atoms. The van der Waals surface area contributed by atoms with Gasteiger partial charge < -0.3 is 14.8 Å². The molecule has 130 valence electrons. The highest BCUT2D eigenvalue weighted by Crippen LogP contribution is 2.15. The fourth-order valence-corrected chi connectivity index (χ4v) is 2.58. The summed E-state index contributed by atoms with van der Waals surface area (Å²) >= 11 is 5.47. The lowest BCUT2D eigenvalue weighted by atomic mass is 10.1. The van der Waals surface area contributed by atoms with Crippen molar-refractivity contribution < 1.29 is 9.69 Å². The number of hydrogen-bond acceptors (Lipinski definition) is 4. The SMILES string of the molecule is Cn1c(-c2ccncc2)nn(C[NH+](C)CC(=O)NC(C)(C)C)c1=S. The summed E-state index contributed by atoms with van der Waals surface area (Å²) < 4.78 is 4.25. The molecule has 0 bridgehead atoms. The smallest absolute Gasteiger partial charge is 0.275 e. The first-order valence-electron chi connectivity index (χ1n) is 7.84. The van der Waals surface area contributed by atoms with Gasteiger partial charge in [-0.2, -0.15) is 4.68 Å². The van der Waals surface area contributed by atoms with Crippen LogP contribution in [0.3, 0.4) is 0 Å². The van der Waals surface area contributed by atoms with E-state index in [2.05, 4.69) is 15.4 Å². The summed E-state index contributed by atoms with van der Waals surface area (Å²) in [6.45, 7) is 6.79. The molecule has 0 radical (unpaired) electrons. The van der Waals surface area contributed by atoms with Gasteiger partial charge >= 0.3 is 0 Å². The van der Waals surface area contributed by atoms with Crippen molar-refractivity contribution in [2.24, 2.45) is 7.05 Å². The van der Waals surface area contributed by atoms with Gasteiger partial charge in [-0.3, -0.25) is 9.78 Å². The second kappa shape index (κ2) is 7.23. The molecular formula is C16H25N6OS+. The molecule has 0 aliphatic heterocycles. The summed E-state index contributed by atoms with van der Waals surface area (Å²) in [5.41, 5.74) is 0.730. The fourth-order valence-electron chi connectivity index (χ4n) is 2.39. The number of hydrogen-bond donors (Lipinski definition) is 2. The van der Waals surface area contributed by atoms with Gasteiger partial charge in [-0.1, -0.05) is 0 Å². The predicted octanol–water partition coefficient (Wildman–Crippen LogP) is 0.400. The van der Waals surface area contributed by atoms with Crippen LogP contribution in [-0.2, 0) is 18.5 Å². The Morgan fingerprint density at radius 1 is 1.33 bits per heavy atom. The number of rotatable bonds is 5. The van der Waals surface area contributed by atoms with E-state index in [1.165, 1.54) is 0 Å². The normalized spacial score (nSPS) is 12.9. The van der Waals surface area contributed by atoms with Gasteiger partial charge in [0, 0.05) is 30.5 Å². The number of pyridine rings is 1. The molecule has 1 atom stereocenters. The molecule has 2 N–H and O–H groups in total. The van der Waals surface area contributed by atoms with Crippen LogP contribution in [0.1, 0.15) is 20.8 Å². The Hall–Kier alpha value is -2.06. The van der Waals surface area contributed by atoms with Gasteiger partial charge in [0.2, 0.25) is 4.77 Å². The second-order valence-electron chi connectivity index (χ2n) is 6.99. The lowest BCUT2D eigenvalue weighted by Crippen LogP contribution is -3.09. The van der Waals surface area contributed by atoms with E-state index in [0.717, 1.165) is 16.3 Å². The second-order valence-corrected chi connectivity index (χ2v) is 7.36. The molecule has 2 aromatic heterocycles. The van der Waals surface area contributed by atoms with Gasteiger partial charge in [-0.15, -0.1) is 5.10 Å². The Kier molecular flexibility index (Phi) is 5.51. The minimum absolute atomic E-state index is 0.0109. The van der Waals surface area contributed by atoms with Crippen molar-refractivity contribution >= 4 is 18.1 Å². The summed E-state index contributed by atoms with van der Waals surface area (Å²) in [6, 6.07) is 3.80. The number of likely N-dealkylation sites (N-methyl/N-ethyl adjacent to an activating group) is 1. The zero-order valence-corrected chi connectivity index (χ0v) is 15.6. The van der Waals surface area contributed by atoms with Crippen LogP contribution in [0.5, 0.6) is 0 Å². The lowest BCUT2D eigenvalue weighted by molar-refractivity contribution is -0.895. The van der Waals surface area contributed by atoms with Crippen LogP contribution >= 0.6 is 12.2 Å². The fraction of sp³-hybridized carbons (Fsp3) is 0.500. The largest absolute Gasteiger partial charge is 0.347 e. The van der Waals surface area contributed by atoms with Gasteiger partial charge in [0.05, 0.1) is 7.05 Å². The summed E-state index contributed by atoms with van der Waals surface area (Å²) in [5, 5.41) is 7.56. The zero-order valence-electron chi connectivity index (χ0n) is 14.8. The molecule has 8 heteroatoms. The van der Waals surface area contributed by atoms with E-state index in [4.69, 9.17) is 12.2 Å². The molecule has 1 unspecified atom stereocenters. The van der Waals surface area contributed by atoms with Crippen LogP contribution < -0.4 is 10.2 Å². The van der Waals surface area contributed by atoms with Gasteiger partial charge in [0.1, 0.15) is 0 Å². The van der Waals surface area contributed by atoms with Crippen LogP contribution in [0.15, 0.2) is 24.5 Å². The summed E-state index contributed by atoms with van der Waals surface area (Å²) in [7, 11) is 3.84. The molecule has 0 aliphatic carbocycles. The van der Waals surface area contributed by atoms with Crippen molar-refractivity contribution in [1.82, 2.24) is 24.6 Å². The summed E-state index contributed by atoms with van der Waals surface area (Å²) in [4.78, 5) is 17.1. The first kappa shape index (κ1) is 18.3. The first-order chi connectivity index (χ1) is 11.2. The van der Waals surface area contributed by atoms with Crippen LogP contribution in [0, 0.1) is 4.77 Å². The molecule has 0 aromatic carbocycles. The van der Waals surface area contributed by atoms with E-state index in [9.17, 15) is 4.79 Å². The first-order valence-corrected chi connectivity index (χ1v) is 8.25. The number of carbonyl (C=O) groups excluding carboxylic acids is 1. The molecule has 0 saturated heterocycles. The van der Waals surface area contributed by atoms with Crippen molar-refractivity contribution in [3.63, 3.8) is 0 Å². The Labute approximate surface area is 147 Å². The molecule has 2 aromatic rings. The topological polar surface area (TPSA) is 69.2 Å². The van der Waals surface area contributed by atoms with Crippen LogP contribution in [0.25, 0.3) is 11.4 Å². The minimum atomic E-state index is -0.229. The van der Waals surface area contributed by atoms with Crippen molar-refractivity contribution in [1.29, 1.82) is 0 Å². The summed E-state index contributed by atoms with van der Waals surface area (Å²) in [5.74, 6) is 0.797. The number of aromatic nitrogens is 4. The highest BCUT2D eigenvalue weighted by Gasteiger charge is 2.18. The maximum atomic E-state index is 12.0. The van der Waals surface area contributed by atoms with Crippen molar-refractivity contribution in [3.05, 3.63) is 29.3 Å². The third-order valence-corrected chi connectivity index (χ3v) is 3.86. The average molecular weight is 349 g/mol. The van der Waals surface area contributed by atoms with E-state index in [1.54, 1.807) is 17.1 Å². The third-order valence-electron chi connectivity index (χ3n) is 3.38. The van der Waals surface area contributed by atoms with Gasteiger partial charge in [-0.25, -0.2) is 0 Å². The van der Waals surface area contributed by atoms with Gasteiger partial charge in [-0.05, 0) is 45.1 Å². The van der Waals surface area contributed by atoms with Gasteiger partial charge in [0.15, 0.2) is 19.0 Å². The highest BCUT2D eigenvalue weighted by atomic mass is 32.1. The molecule has 7 nitrogen and oxygen atoms in total. The molecule has 0 fully saturated rings. The number of nitrogens with one attached hydrogen (secondary N) is 2. The Bertz CT molecular complexity index is 759. The maximum Gasteiger partial charge on any atom is 0.275 e. The van der Waals surface area contributed by atoms with E-state index >= 15 is 0 Å². The van der Waals surface area contributed by atoms with Crippen molar-refractivity contribution in [2.75, 3.05) is 13.6 Å². The highest BCUT2D eigenvalue weighted by molar-refractivity contribution is 7.71. The van der Waals surface area contributed by atoms with Crippen molar-refractivity contribution in [3.8, 4) is 11.4 Å². The number of quaternary nitrogens is 1.